The average Bonchev–Trinajstić information content (AvgIpc) is 2.79. The minimum Gasteiger partial charge on any atom is -0.490 e. The van der Waals surface area contributed by atoms with Gasteiger partial charge in [-0.25, -0.2) is 0 Å². The number of para-hydroxylation sites is 1. The number of ether oxygens (including phenoxy) is 2. The quantitative estimate of drug-likeness (QED) is 0.199. The maximum absolute atomic E-state index is 12.7. The molecule has 5 nitrogen and oxygen atoms in total. The summed E-state index contributed by atoms with van der Waals surface area (Å²) in [5.41, 5.74) is 4.54. The number of rotatable bonds is 8. The number of anilines is 1. The lowest BCUT2D eigenvalue weighted by Gasteiger charge is -2.15. The van der Waals surface area contributed by atoms with Crippen molar-refractivity contribution in [2.45, 2.75) is 27.4 Å². The van der Waals surface area contributed by atoms with Crippen LogP contribution in [0.2, 0.25) is 0 Å². The lowest BCUT2D eigenvalue weighted by Crippen LogP contribution is -2.14. The maximum atomic E-state index is 12.7. The first-order valence-electron chi connectivity index (χ1n) is 10.5. The van der Waals surface area contributed by atoms with Crippen LogP contribution in [0.1, 0.15) is 29.2 Å². The van der Waals surface area contributed by atoms with Crippen molar-refractivity contribution in [2.75, 3.05) is 11.9 Å². The van der Waals surface area contributed by atoms with Gasteiger partial charge in [-0.3, -0.25) is 4.79 Å². The normalized spacial score (nSPS) is 10.9. The Morgan fingerprint density at radius 3 is 2.48 bits per heavy atom. The molecule has 0 saturated heterocycles. The number of amides is 1. The molecule has 3 aromatic carbocycles. The van der Waals surface area contributed by atoms with E-state index in [0.29, 0.717) is 36.0 Å². The largest absolute Gasteiger partial charge is 0.490 e. The molecule has 0 saturated carbocycles. The summed E-state index contributed by atoms with van der Waals surface area (Å²) in [6, 6.07) is 21.3. The van der Waals surface area contributed by atoms with Gasteiger partial charge in [0, 0.05) is 5.69 Å². The van der Waals surface area contributed by atoms with Crippen molar-refractivity contribution >= 4 is 40.3 Å². The van der Waals surface area contributed by atoms with Crippen molar-refractivity contribution in [1.82, 2.24) is 0 Å². The lowest BCUT2D eigenvalue weighted by atomic mass is 10.1. The van der Waals surface area contributed by atoms with Crippen molar-refractivity contribution < 1.29 is 14.3 Å². The molecule has 0 atom stereocenters. The standard InChI is InChI=1S/C27H25IN2O3/c1-4-32-25-15-21(13-22(16-29)27(31)30-24-8-6-5-7-19(24)3)14-23(28)26(25)33-17-20-11-9-18(2)10-12-20/h5-15H,4,17H2,1-3H3,(H,30,31)/b22-13-. The summed E-state index contributed by atoms with van der Waals surface area (Å²) in [6.45, 7) is 6.72. The molecule has 0 aliphatic heterocycles. The molecule has 6 heteroatoms. The van der Waals surface area contributed by atoms with Gasteiger partial charge in [0.1, 0.15) is 18.2 Å². The van der Waals surface area contributed by atoms with Crippen LogP contribution in [0, 0.1) is 28.7 Å². The van der Waals surface area contributed by atoms with E-state index in [1.807, 2.05) is 75.4 Å². The Morgan fingerprint density at radius 1 is 1.09 bits per heavy atom. The number of hydrogen-bond acceptors (Lipinski definition) is 4. The molecule has 0 aliphatic rings. The number of carbonyl (C=O) groups is 1. The van der Waals surface area contributed by atoms with Crippen molar-refractivity contribution in [3.63, 3.8) is 0 Å². The van der Waals surface area contributed by atoms with Crippen LogP contribution in [0.5, 0.6) is 11.5 Å². The molecular weight excluding hydrogens is 527 g/mol. The summed E-state index contributed by atoms with van der Waals surface area (Å²) < 4.78 is 12.7. The molecule has 1 N–H and O–H groups in total. The first kappa shape index (κ1) is 24.3. The fourth-order valence-corrected chi connectivity index (χ4v) is 3.91. The topological polar surface area (TPSA) is 71.3 Å². The number of nitrogens with zero attached hydrogens (tertiary/aromatic N) is 1. The number of nitrogens with one attached hydrogen (secondary N) is 1. The third-order valence-electron chi connectivity index (χ3n) is 4.90. The fraction of sp³-hybridized carbons (Fsp3) is 0.185. The van der Waals surface area contributed by atoms with Crippen LogP contribution in [-0.4, -0.2) is 12.5 Å². The summed E-state index contributed by atoms with van der Waals surface area (Å²) in [7, 11) is 0. The maximum Gasteiger partial charge on any atom is 0.266 e. The monoisotopic (exact) mass is 552 g/mol. The number of carbonyl (C=O) groups excluding carboxylic acids is 1. The number of hydrogen-bond donors (Lipinski definition) is 1. The number of benzene rings is 3. The minimum absolute atomic E-state index is 0.00447. The van der Waals surface area contributed by atoms with Gasteiger partial charge in [-0.15, -0.1) is 0 Å². The molecule has 0 bridgehead atoms. The second-order valence-electron chi connectivity index (χ2n) is 7.48. The molecule has 168 valence electrons. The molecular formula is C27H25IN2O3. The number of nitriles is 1. The van der Waals surface area contributed by atoms with Gasteiger partial charge in [0.05, 0.1) is 10.2 Å². The molecule has 3 rings (SSSR count). The highest BCUT2D eigenvalue weighted by Gasteiger charge is 2.15. The van der Waals surface area contributed by atoms with Crippen molar-refractivity contribution in [1.29, 1.82) is 5.26 Å². The Hall–Kier alpha value is -3.31. The first-order valence-corrected chi connectivity index (χ1v) is 11.6. The SMILES string of the molecule is CCOc1cc(/C=C(/C#N)C(=O)Nc2ccccc2C)cc(I)c1OCc1ccc(C)cc1. The van der Waals surface area contributed by atoms with Crippen LogP contribution in [-0.2, 0) is 11.4 Å². The predicted octanol–water partition coefficient (Wildman–Crippen LogP) is 6.43. The van der Waals surface area contributed by atoms with E-state index >= 15 is 0 Å². The Bertz CT molecular complexity index is 1210. The van der Waals surface area contributed by atoms with Crippen LogP contribution < -0.4 is 14.8 Å². The summed E-state index contributed by atoms with van der Waals surface area (Å²) >= 11 is 2.18. The Labute approximate surface area is 208 Å². The Balaban J connectivity index is 1.85. The fourth-order valence-electron chi connectivity index (χ4n) is 3.13. The Kier molecular flexibility index (Phi) is 8.50. The van der Waals surface area contributed by atoms with E-state index in [1.54, 1.807) is 18.2 Å². The molecule has 0 heterocycles. The van der Waals surface area contributed by atoms with Gasteiger partial charge in [0.15, 0.2) is 11.5 Å². The third kappa shape index (κ3) is 6.59. The van der Waals surface area contributed by atoms with Crippen molar-refractivity contribution in [2.24, 2.45) is 0 Å². The van der Waals surface area contributed by atoms with E-state index < -0.39 is 5.91 Å². The molecule has 1 amide bonds. The zero-order valence-electron chi connectivity index (χ0n) is 18.8. The van der Waals surface area contributed by atoms with E-state index in [0.717, 1.165) is 14.7 Å². The predicted molar refractivity (Wildman–Crippen MR) is 139 cm³/mol. The summed E-state index contributed by atoms with van der Waals surface area (Å²) in [5.74, 6) is 0.747. The van der Waals surface area contributed by atoms with Gasteiger partial charge in [-0.2, -0.15) is 5.26 Å². The smallest absolute Gasteiger partial charge is 0.266 e. The van der Waals surface area contributed by atoms with Gasteiger partial charge in [-0.05, 0) is 84.3 Å². The number of halogens is 1. The van der Waals surface area contributed by atoms with E-state index in [1.165, 1.54) is 5.56 Å². The molecule has 0 aromatic heterocycles. The number of aryl methyl sites for hydroxylation is 2. The van der Waals surface area contributed by atoms with Gasteiger partial charge in [0.2, 0.25) is 0 Å². The zero-order chi connectivity index (χ0) is 23.8. The summed E-state index contributed by atoms with van der Waals surface area (Å²) in [5, 5.41) is 12.4. The van der Waals surface area contributed by atoms with E-state index in [2.05, 4.69) is 27.9 Å². The van der Waals surface area contributed by atoms with E-state index in [9.17, 15) is 10.1 Å². The van der Waals surface area contributed by atoms with Crippen molar-refractivity contribution in [3.8, 4) is 17.6 Å². The molecule has 0 fully saturated rings. The zero-order valence-corrected chi connectivity index (χ0v) is 21.0. The molecule has 0 spiro atoms. The molecule has 0 aliphatic carbocycles. The summed E-state index contributed by atoms with van der Waals surface area (Å²) in [4.78, 5) is 12.7. The second-order valence-corrected chi connectivity index (χ2v) is 8.64. The van der Waals surface area contributed by atoms with Gasteiger partial charge in [0.25, 0.3) is 5.91 Å². The third-order valence-corrected chi connectivity index (χ3v) is 5.71. The van der Waals surface area contributed by atoms with Crippen LogP contribution in [0.25, 0.3) is 6.08 Å². The lowest BCUT2D eigenvalue weighted by molar-refractivity contribution is -0.112. The van der Waals surface area contributed by atoms with Gasteiger partial charge >= 0.3 is 0 Å². The minimum atomic E-state index is -0.459. The van der Waals surface area contributed by atoms with E-state index in [-0.39, 0.29) is 5.57 Å². The van der Waals surface area contributed by atoms with Crippen LogP contribution >= 0.6 is 22.6 Å². The van der Waals surface area contributed by atoms with Crippen LogP contribution in [0.15, 0.2) is 66.2 Å². The van der Waals surface area contributed by atoms with E-state index in [4.69, 9.17) is 9.47 Å². The van der Waals surface area contributed by atoms with Crippen LogP contribution in [0.4, 0.5) is 5.69 Å². The molecule has 33 heavy (non-hydrogen) atoms. The highest BCUT2D eigenvalue weighted by atomic mass is 127. The Morgan fingerprint density at radius 2 is 1.82 bits per heavy atom. The average molecular weight is 552 g/mol. The van der Waals surface area contributed by atoms with Crippen LogP contribution in [0.3, 0.4) is 0 Å². The molecule has 0 radical (unpaired) electrons. The van der Waals surface area contributed by atoms with Crippen molar-refractivity contribution in [3.05, 3.63) is 92.1 Å². The van der Waals surface area contributed by atoms with Gasteiger partial charge in [-0.1, -0.05) is 48.0 Å². The summed E-state index contributed by atoms with van der Waals surface area (Å²) in [6.07, 6.45) is 1.56. The first-order chi connectivity index (χ1) is 15.9. The molecule has 3 aromatic rings. The highest BCUT2D eigenvalue weighted by molar-refractivity contribution is 14.1. The van der Waals surface area contributed by atoms with Gasteiger partial charge < -0.3 is 14.8 Å². The highest BCUT2D eigenvalue weighted by Crippen LogP contribution is 2.35. The molecule has 0 unspecified atom stereocenters. The second kappa shape index (κ2) is 11.5.